The van der Waals surface area contributed by atoms with E-state index in [9.17, 15) is 5.11 Å². The quantitative estimate of drug-likeness (QED) is 0.891. The highest BCUT2D eigenvalue weighted by atomic mass is 79.9. The molecule has 1 aliphatic carbocycles. The van der Waals surface area contributed by atoms with Crippen LogP contribution in [0.5, 0.6) is 0 Å². The summed E-state index contributed by atoms with van der Waals surface area (Å²) in [5.74, 6) is 0. The van der Waals surface area contributed by atoms with Crippen molar-refractivity contribution in [1.82, 2.24) is 10.3 Å². The van der Waals surface area contributed by atoms with E-state index in [4.69, 9.17) is 0 Å². The molecule has 3 nitrogen and oxygen atoms in total. The molecule has 0 spiro atoms. The molecule has 1 aromatic heterocycles. The fourth-order valence-electron chi connectivity index (χ4n) is 2.23. The maximum atomic E-state index is 9.45. The van der Waals surface area contributed by atoms with Gasteiger partial charge < -0.3 is 10.4 Å². The molecule has 1 aliphatic rings. The van der Waals surface area contributed by atoms with Gasteiger partial charge in [-0.05, 0) is 40.9 Å². The molecule has 1 saturated carbocycles. The topological polar surface area (TPSA) is 45.1 Å². The first kappa shape index (κ1) is 12.0. The molecule has 2 N–H and O–H groups in total. The molecule has 1 heterocycles. The summed E-state index contributed by atoms with van der Waals surface area (Å²) in [6.45, 7) is 0.956. The van der Waals surface area contributed by atoms with Crippen molar-refractivity contribution in [1.29, 1.82) is 0 Å². The Morgan fingerprint density at radius 3 is 2.69 bits per heavy atom. The summed E-state index contributed by atoms with van der Waals surface area (Å²) in [7, 11) is 0. The summed E-state index contributed by atoms with van der Waals surface area (Å²) >= 11 is 3.36. The van der Waals surface area contributed by atoms with Crippen LogP contribution in [-0.4, -0.2) is 22.2 Å². The van der Waals surface area contributed by atoms with Crippen molar-refractivity contribution < 1.29 is 5.11 Å². The molecule has 0 radical (unpaired) electrons. The van der Waals surface area contributed by atoms with Gasteiger partial charge in [-0.15, -0.1) is 0 Å². The van der Waals surface area contributed by atoms with Crippen molar-refractivity contribution in [3.8, 4) is 0 Å². The van der Waals surface area contributed by atoms with Crippen LogP contribution < -0.4 is 5.32 Å². The van der Waals surface area contributed by atoms with Gasteiger partial charge in [0.25, 0.3) is 0 Å². The molecule has 88 valence electrons. The summed E-state index contributed by atoms with van der Waals surface area (Å²) < 4.78 is 0.994. The van der Waals surface area contributed by atoms with E-state index < -0.39 is 0 Å². The number of nitrogens with zero attached hydrogens (tertiary/aromatic N) is 1. The van der Waals surface area contributed by atoms with Crippen LogP contribution in [-0.2, 0) is 6.54 Å². The SMILES string of the molecule is OCC1(NCc2ccc(Br)cn2)CCCC1. The smallest absolute Gasteiger partial charge is 0.0613 e. The third-order valence-corrected chi connectivity index (χ3v) is 3.77. The molecule has 0 aliphatic heterocycles. The molecular formula is C12H17BrN2O. The first-order valence-electron chi connectivity index (χ1n) is 5.70. The first-order valence-corrected chi connectivity index (χ1v) is 6.50. The number of halogens is 1. The number of hydrogen-bond acceptors (Lipinski definition) is 3. The summed E-state index contributed by atoms with van der Waals surface area (Å²) in [6.07, 6.45) is 6.36. The van der Waals surface area contributed by atoms with Gasteiger partial charge in [-0.2, -0.15) is 0 Å². The number of aliphatic hydroxyl groups excluding tert-OH is 1. The number of pyridine rings is 1. The normalized spacial score (nSPS) is 18.9. The zero-order chi connectivity index (χ0) is 11.4. The number of aromatic nitrogens is 1. The minimum absolute atomic E-state index is 0.0608. The van der Waals surface area contributed by atoms with E-state index in [2.05, 4.69) is 26.2 Å². The van der Waals surface area contributed by atoms with Crippen LogP contribution in [0.1, 0.15) is 31.4 Å². The van der Waals surface area contributed by atoms with E-state index in [-0.39, 0.29) is 12.1 Å². The van der Waals surface area contributed by atoms with Crippen LogP contribution in [0.4, 0.5) is 0 Å². The standard InChI is InChI=1S/C12H17BrN2O/c13-10-3-4-11(14-7-10)8-15-12(9-16)5-1-2-6-12/h3-4,7,15-16H,1-2,5-6,8-9H2. The molecule has 0 saturated heterocycles. The second-order valence-corrected chi connectivity index (χ2v) is 5.38. The van der Waals surface area contributed by atoms with E-state index in [1.165, 1.54) is 12.8 Å². The molecule has 1 aromatic rings. The van der Waals surface area contributed by atoms with Crippen molar-refractivity contribution in [2.75, 3.05) is 6.61 Å². The summed E-state index contributed by atoms with van der Waals surface area (Å²) in [6, 6.07) is 3.99. The predicted molar refractivity (Wildman–Crippen MR) is 67.1 cm³/mol. The molecule has 1 fully saturated rings. The van der Waals surface area contributed by atoms with Crippen LogP contribution in [0, 0.1) is 0 Å². The Morgan fingerprint density at radius 2 is 2.12 bits per heavy atom. The van der Waals surface area contributed by atoms with Crippen LogP contribution in [0.15, 0.2) is 22.8 Å². The second kappa shape index (κ2) is 5.25. The Labute approximate surface area is 104 Å². The lowest BCUT2D eigenvalue weighted by molar-refractivity contribution is 0.162. The zero-order valence-electron chi connectivity index (χ0n) is 9.25. The third-order valence-electron chi connectivity index (χ3n) is 3.30. The number of nitrogens with one attached hydrogen (secondary N) is 1. The molecule has 0 bridgehead atoms. The van der Waals surface area contributed by atoms with Crippen molar-refractivity contribution in [3.05, 3.63) is 28.5 Å². The van der Waals surface area contributed by atoms with Gasteiger partial charge in [0.05, 0.1) is 12.3 Å². The highest BCUT2D eigenvalue weighted by Gasteiger charge is 2.32. The highest BCUT2D eigenvalue weighted by Crippen LogP contribution is 2.29. The zero-order valence-corrected chi connectivity index (χ0v) is 10.8. The first-order chi connectivity index (χ1) is 7.74. The number of rotatable bonds is 4. The van der Waals surface area contributed by atoms with Crippen molar-refractivity contribution >= 4 is 15.9 Å². The Kier molecular flexibility index (Phi) is 3.95. The van der Waals surface area contributed by atoms with Gasteiger partial charge in [0.1, 0.15) is 0 Å². The second-order valence-electron chi connectivity index (χ2n) is 4.47. The van der Waals surface area contributed by atoms with Crippen LogP contribution in [0.2, 0.25) is 0 Å². The van der Waals surface area contributed by atoms with Gasteiger partial charge in [-0.25, -0.2) is 0 Å². The van der Waals surface area contributed by atoms with Crippen molar-refractivity contribution in [2.24, 2.45) is 0 Å². The maximum Gasteiger partial charge on any atom is 0.0613 e. The maximum absolute atomic E-state index is 9.45. The lowest BCUT2D eigenvalue weighted by atomic mass is 9.99. The Balaban J connectivity index is 1.93. The van der Waals surface area contributed by atoms with Gasteiger partial charge in [0.2, 0.25) is 0 Å². The van der Waals surface area contributed by atoms with Crippen LogP contribution >= 0.6 is 15.9 Å². The van der Waals surface area contributed by atoms with E-state index in [1.54, 1.807) is 6.20 Å². The van der Waals surface area contributed by atoms with Gasteiger partial charge in [-0.1, -0.05) is 12.8 Å². The summed E-state index contributed by atoms with van der Waals surface area (Å²) in [5, 5.41) is 12.9. The van der Waals surface area contributed by atoms with E-state index in [0.717, 1.165) is 29.6 Å². The molecule has 0 amide bonds. The van der Waals surface area contributed by atoms with Crippen molar-refractivity contribution in [3.63, 3.8) is 0 Å². The molecule has 4 heteroatoms. The predicted octanol–water partition coefficient (Wildman–Crippen LogP) is 2.24. The highest BCUT2D eigenvalue weighted by molar-refractivity contribution is 9.10. The van der Waals surface area contributed by atoms with E-state index in [0.29, 0.717) is 0 Å². The summed E-state index contributed by atoms with van der Waals surface area (Å²) in [5.41, 5.74) is 0.956. The minimum atomic E-state index is -0.0608. The lowest BCUT2D eigenvalue weighted by Gasteiger charge is -2.27. The fraction of sp³-hybridized carbons (Fsp3) is 0.583. The molecule has 0 unspecified atom stereocenters. The van der Waals surface area contributed by atoms with Crippen LogP contribution in [0.3, 0.4) is 0 Å². The third kappa shape index (κ3) is 2.81. The van der Waals surface area contributed by atoms with E-state index >= 15 is 0 Å². The van der Waals surface area contributed by atoms with Gasteiger partial charge >= 0.3 is 0 Å². The molecule has 16 heavy (non-hydrogen) atoms. The van der Waals surface area contributed by atoms with Crippen LogP contribution in [0.25, 0.3) is 0 Å². The average Bonchev–Trinajstić information content (AvgIpc) is 2.78. The monoisotopic (exact) mass is 284 g/mol. The molecule has 2 rings (SSSR count). The number of hydrogen-bond donors (Lipinski definition) is 2. The van der Waals surface area contributed by atoms with Gasteiger partial charge in [0.15, 0.2) is 0 Å². The molecule has 0 atom stereocenters. The van der Waals surface area contributed by atoms with Gasteiger partial charge in [-0.3, -0.25) is 4.98 Å². The average molecular weight is 285 g/mol. The minimum Gasteiger partial charge on any atom is -0.394 e. The van der Waals surface area contributed by atoms with E-state index in [1.807, 2.05) is 12.1 Å². The summed E-state index contributed by atoms with van der Waals surface area (Å²) in [4.78, 5) is 4.31. The Morgan fingerprint density at radius 1 is 1.38 bits per heavy atom. The Bertz CT molecular complexity index is 333. The molecule has 0 aromatic carbocycles. The number of aliphatic hydroxyl groups is 1. The fourth-order valence-corrected chi connectivity index (χ4v) is 2.47. The van der Waals surface area contributed by atoms with Gasteiger partial charge in [0, 0.05) is 22.8 Å². The lowest BCUT2D eigenvalue weighted by Crippen LogP contribution is -2.45. The largest absolute Gasteiger partial charge is 0.394 e. The Hall–Kier alpha value is -0.450. The van der Waals surface area contributed by atoms with Crippen molar-refractivity contribution in [2.45, 2.75) is 37.8 Å². The molecular weight excluding hydrogens is 268 g/mol.